The Morgan fingerprint density at radius 2 is 1.89 bits per heavy atom. The van der Waals surface area contributed by atoms with Gasteiger partial charge >= 0.3 is 5.97 Å². The van der Waals surface area contributed by atoms with Crippen LogP contribution in [0.3, 0.4) is 0 Å². The third kappa shape index (κ3) is 3.13. The average Bonchev–Trinajstić information content (AvgIpc) is 2.27. The van der Waals surface area contributed by atoms with Gasteiger partial charge in [-0.05, 0) is 18.2 Å². The van der Waals surface area contributed by atoms with E-state index in [-0.39, 0.29) is 23.7 Å². The second-order valence-electron chi connectivity index (χ2n) is 4.22. The second-order valence-corrected chi connectivity index (χ2v) is 4.22. The maximum atomic E-state index is 11.5. The number of hydrogen-bond donors (Lipinski definition) is 2. The van der Waals surface area contributed by atoms with Gasteiger partial charge in [0.15, 0.2) is 0 Å². The van der Waals surface area contributed by atoms with Crippen molar-refractivity contribution in [3.05, 3.63) is 23.8 Å². The Balaban J connectivity index is 2.88. The zero-order chi connectivity index (χ0) is 13.9. The zero-order valence-corrected chi connectivity index (χ0v) is 10.7. The standard InChI is InChI=1S/C12H17N3O3/c1-14(2)11(16)7-15(3)8-4-5-9(12(17)18)10(13)6-8/h4-6H,7,13H2,1-3H3,(H,17,18). The lowest BCUT2D eigenvalue weighted by molar-refractivity contribution is -0.127. The predicted molar refractivity (Wildman–Crippen MR) is 69.8 cm³/mol. The van der Waals surface area contributed by atoms with Gasteiger partial charge in [0.2, 0.25) is 5.91 Å². The number of carbonyl (C=O) groups is 2. The lowest BCUT2D eigenvalue weighted by Gasteiger charge is -2.21. The number of anilines is 2. The monoisotopic (exact) mass is 251 g/mol. The molecule has 98 valence electrons. The molecule has 0 fully saturated rings. The van der Waals surface area contributed by atoms with E-state index >= 15 is 0 Å². The number of likely N-dealkylation sites (N-methyl/N-ethyl adjacent to an activating group) is 2. The SMILES string of the molecule is CN(C)C(=O)CN(C)c1ccc(C(=O)O)c(N)c1. The molecular formula is C12H17N3O3. The topological polar surface area (TPSA) is 86.9 Å². The van der Waals surface area contributed by atoms with Crippen LogP contribution in [0.5, 0.6) is 0 Å². The van der Waals surface area contributed by atoms with Gasteiger partial charge in [-0.15, -0.1) is 0 Å². The number of benzene rings is 1. The summed E-state index contributed by atoms with van der Waals surface area (Å²) in [6.45, 7) is 0.207. The lowest BCUT2D eigenvalue weighted by atomic mass is 10.1. The molecule has 0 heterocycles. The molecule has 3 N–H and O–H groups in total. The molecule has 18 heavy (non-hydrogen) atoms. The maximum Gasteiger partial charge on any atom is 0.337 e. The maximum absolute atomic E-state index is 11.5. The highest BCUT2D eigenvalue weighted by molar-refractivity contribution is 5.94. The molecule has 0 unspecified atom stereocenters. The van der Waals surface area contributed by atoms with Crippen molar-refractivity contribution in [3.63, 3.8) is 0 Å². The van der Waals surface area contributed by atoms with E-state index in [1.165, 1.54) is 11.0 Å². The smallest absolute Gasteiger partial charge is 0.337 e. The first kappa shape index (κ1) is 13.8. The fraction of sp³-hybridized carbons (Fsp3) is 0.333. The summed E-state index contributed by atoms with van der Waals surface area (Å²) in [5.41, 5.74) is 6.60. The van der Waals surface area contributed by atoms with Crippen molar-refractivity contribution in [3.8, 4) is 0 Å². The Hall–Kier alpha value is -2.24. The summed E-state index contributed by atoms with van der Waals surface area (Å²) in [5.74, 6) is -1.11. The molecule has 0 saturated carbocycles. The number of hydrogen-bond acceptors (Lipinski definition) is 4. The van der Waals surface area contributed by atoms with Crippen LogP contribution in [0.1, 0.15) is 10.4 Å². The van der Waals surface area contributed by atoms with Gasteiger partial charge in [0.1, 0.15) is 0 Å². The first-order chi connectivity index (χ1) is 8.32. The highest BCUT2D eigenvalue weighted by Crippen LogP contribution is 2.20. The number of aromatic carboxylic acids is 1. The zero-order valence-electron chi connectivity index (χ0n) is 10.7. The van der Waals surface area contributed by atoms with Crippen molar-refractivity contribution in [1.82, 2.24) is 4.90 Å². The van der Waals surface area contributed by atoms with Gasteiger partial charge < -0.3 is 20.6 Å². The molecule has 1 aromatic rings. The summed E-state index contributed by atoms with van der Waals surface area (Å²) in [4.78, 5) is 25.6. The van der Waals surface area contributed by atoms with Gasteiger partial charge in [0.05, 0.1) is 12.1 Å². The van der Waals surface area contributed by atoms with Gasteiger partial charge in [-0.1, -0.05) is 0 Å². The normalized spacial score (nSPS) is 9.94. The summed E-state index contributed by atoms with van der Waals surface area (Å²) < 4.78 is 0. The van der Waals surface area contributed by atoms with E-state index in [9.17, 15) is 9.59 Å². The van der Waals surface area contributed by atoms with Crippen molar-refractivity contribution in [2.24, 2.45) is 0 Å². The van der Waals surface area contributed by atoms with Crippen LogP contribution >= 0.6 is 0 Å². The van der Waals surface area contributed by atoms with E-state index in [0.717, 1.165) is 0 Å². The molecule has 1 amide bonds. The molecule has 0 aliphatic heterocycles. The Morgan fingerprint density at radius 3 is 2.33 bits per heavy atom. The molecule has 0 aliphatic rings. The Kier molecular flexibility index (Phi) is 4.14. The van der Waals surface area contributed by atoms with Crippen molar-refractivity contribution >= 4 is 23.3 Å². The van der Waals surface area contributed by atoms with Crippen LogP contribution in [0, 0.1) is 0 Å². The summed E-state index contributed by atoms with van der Waals surface area (Å²) >= 11 is 0. The van der Waals surface area contributed by atoms with Gasteiger partial charge in [-0.2, -0.15) is 0 Å². The summed E-state index contributed by atoms with van der Waals surface area (Å²) in [6, 6.07) is 4.61. The molecule has 0 radical (unpaired) electrons. The number of carboxylic acids is 1. The minimum atomic E-state index is -1.06. The molecule has 6 heteroatoms. The third-order valence-electron chi connectivity index (χ3n) is 2.58. The molecule has 6 nitrogen and oxygen atoms in total. The molecule has 1 rings (SSSR count). The van der Waals surface area contributed by atoms with Crippen LogP contribution in [0.25, 0.3) is 0 Å². The number of amides is 1. The predicted octanol–water partition coefficient (Wildman–Crippen LogP) is 0.491. The Bertz CT molecular complexity index is 472. The summed E-state index contributed by atoms with van der Waals surface area (Å²) in [5, 5.41) is 8.86. The van der Waals surface area contributed by atoms with Crippen molar-refractivity contribution in [2.75, 3.05) is 38.3 Å². The lowest BCUT2D eigenvalue weighted by Crippen LogP contribution is -2.34. The number of carbonyl (C=O) groups excluding carboxylic acids is 1. The largest absolute Gasteiger partial charge is 0.478 e. The number of nitrogen functional groups attached to an aromatic ring is 1. The molecule has 1 aromatic carbocycles. The molecule has 0 spiro atoms. The summed E-state index contributed by atoms with van der Waals surface area (Å²) in [7, 11) is 5.10. The van der Waals surface area contributed by atoms with Crippen molar-refractivity contribution in [2.45, 2.75) is 0 Å². The van der Waals surface area contributed by atoms with Gasteiger partial charge in [-0.25, -0.2) is 4.79 Å². The minimum absolute atomic E-state index is 0.0432. The number of carboxylic acid groups (broad SMARTS) is 1. The molecule has 0 aromatic heterocycles. The first-order valence-corrected chi connectivity index (χ1v) is 5.37. The molecule has 0 saturated heterocycles. The number of nitrogens with two attached hydrogens (primary N) is 1. The highest BCUT2D eigenvalue weighted by Gasteiger charge is 2.12. The van der Waals surface area contributed by atoms with Crippen molar-refractivity contribution < 1.29 is 14.7 Å². The van der Waals surface area contributed by atoms with Crippen LogP contribution in [0.15, 0.2) is 18.2 Å². The van der Waals surface area contributed by atoms with Crippen LogP contribution in [-0.4, -0.2) is 49.6 Å². The summed E-state index contributed by atoms with van der Waals surface area (Å²) in [6.07, 6.45) is 0. The van der Waals surface area contributed by atoms with E-state index < -0.39 is 5.97 Å². The van der Waals surface area contributed by atoms with Crippen LogP contribution in [-0.2, 0) is 4.79 Å². The van der Waals surface area contributed by atoms with Crippen LogP contribution < -0.4 is 10.6 Å². The van der Waals surface area contributed by atoms with Gasteiger partial charge in [-0.3, -0.25) is 4.79 Å². The van der Waals surface area contributed by atoms with Gasteiger partial charge in [0, 0.05) is 32.5 Å². The number of rotatable bonds is 4. The molecule has 0 atom stereocenters. The molecule has 0 bridgehead atoms. The van der Waals surface area contributed by atoms with Crippen LogP contribution in [0.4, 0.5) is 11.4 Å². The number of nitrogens with zero attached hydrogens (tertiary/aromatic N) is 2. The van der Waals surface area contributed by atoms with E-state index in [0.29, 0.717) is 5.69 Å². The van der Waals surface area contributed by atoms with Crippen molar-refractivity contribution in [1.29, 1.82) is 0 Å². The van der Waals surface area contributed by atoms with E-state index in [1.54, 1.807) is 38.2 Å². The first-order valence-electron chi connectivity index (χ1n) is 5.37. The fourth-order valence-electron chi connectivity index (χ4n) is 1.42. The fourth-order valence-corrected chi connectivity index (χ4v) is 1.42. The molecule has 0 aliphatic carbocycles. The third-order valence-corrected chi connectivity index (χ3v) is 2.58. The minimum Gasteiger partial charge on any atom is -0.478 e. The van der Waals surface area contributed by atoms with E-state index in [4.69, 9.17) is 10.8 Å². The quantitative estimate of drug-likeness (QED) is 0.760. The average molecular weight is 251 g/mol. The Labute approximate surface area is 106 Å². The van der Waals surface area contributed by atoms with Crippen LogP contribution in [0.2, 0.25) is 0 Å². The highest BCUT2D eigenvalue weighted by atomic mass is 16.4. The van der Waals surface area contributed by atoms with Gasteiger partial charge in [0.25, 0.3) is 0 Å². The van der Waals surface area contributed by atoms with E-state index in [1.807, 2.05) is 0 Å². The van der Waals surface area contributed by atoms with E-state index in [2.05, 4.69) is 0 Å². The second kappa shape index (κ2) is 5.39. The molecular weight excluding hydrogens is 234 g/mol. The Morgan fingerprint density at radius 1 is 1.28 bits per heavy atom.